The average molecular weight is 413 g/mol. The maximum absolute atomic E-state index is 12.7. The number of thiocarbonyl (C=S) groups is 1. The van der Waals surface area contributed by atoms with E-state index in [1.54, 1.807) is 51.1 Å². The Morgan fingerprint density at radius 2 is 1.78 bits per heavy atom. The zero-order valence-electron chi connectivity index (χ0n) is 15.7. The molecular formula is C18H24N2O5S2. The highest BCUT2D eigenvalue weighted by atomic mass is 32.2. The van der Waals surface area contributed by atoms with Crippen LogP contribution in [0.5, 0.6) is 0 Å². The van der Waals surface area contributed by atoms with Crippen LogP contribution in [0.25, 0.3) is 0 Å². The van der Waals surface area contributed by atoms with E-state index in [-0.39, 0.29) is 10.3 Å². The van der Waals surface area contributed by atoms with Crippen LogP contribution in [0.3, 0.4) is 0 Å². The molecule has 2 amide bonds. The van der Waals surface area contributed by atoms with Gasteiger partial charge in [-0.15, -0.1) is 0 Å². The summed E-state index contributed by atoms with van der Waals surface area (Å²) in [6, 6.07) is 7.62. The lowest BCUT2D eigenvalue weighted by atomic mass is 10.0. The van der Waals surface area contributed by atoms with Crippen LogP contribution in [0.15, 0.2) is 30.3 Å². The number of nitrogens with one attached hydrogen (secondary N) is 2. The number of benzene rings is 1. The quantitative estimate of drug-likeness (QED) is 0.384. The SMILES string of the molecule is CCOC(=S)SC(NC(=O)c1ccccc1)C(=O)N[C@H](C(=O)OC)C(C)C. The molecule has 0 radical (unpaired) electrons. The molecule has 1 aromatic rings. The molecule has 0 saturated carbocycles. The molecular weight excluding hydrogens is 388 g/mol. The predicted octanol–water partition coefficient (Wildman–Crippen LogP) is 2.11. The van der Waals surface area contributed by atoms with E-state index >= 15 is 0 Å². The van der Waals surface area contributed by atoms with Gasteiger partial charge in [0.15, 0.2) is 5.37 Å². The van der Waals surface area contributed by atoms with Crippen LogP contribution in [-0.4, -0.2) is 47.3 Å². The van der Waals surface area contributed by atoms with E-state index < -0.39 is 29.2 Å². The molecule has 0 aliphatic carbocycles. The highest BCUT2D eigenvalue weighted by molar-refractivity contribution is 8.23. The molecule has 0 aliphatic heterocycles. The van der Waals surface area contributed by atoms with Crippen LogP contribution in [0, 0.1) is 5.92 Å². The Morgan fingerprint density at radius 1 is 1.15 bits per heavy atom. The third-order valence-corrected chi connectivity index (χ3v) is 4.72. The Kier molecular flexibility index (Phi) is 9.81. The van der Waals surface area contributed by atoms with Crippen molar-refractivity contribution in [1.29, 1.82) is 0 Å². The van der Waals surface area contributed by atoms with Crippen molar-refractivity contribution >= 4 is 46.1 Å². The number of hydrogen-bond acceptors (Lipinski definition) is 7. The molecule has 2 atom stereocenters. The second-order valence-corrected chi connectivity index (χ2v) is 7.48. The van der Waals surface area contributed by atoms with Crippen LogP contribution < -0.4 is 10.6 Å². The first-order chi connectivity index (χ1) is 12.8. The van der Waals surface area contributed by atoms with Crippen molar-refractivity contribution in [2.75, 3.05) is 13.7 Å². The molecule has 2 N–H and O–H groups in total. The van der Waals surface area contributed by atoms with E-state index in [0.29, 0.717) is 12.2 Å². The third-order valence-electron chi connectivity index (χ3n) is 3.43. The van der Waals surface area contributed by atoms with Gasteiger partial charge in [0.1, 0.15) is 6.04 Å². The lowest BCUT2D eigenvalue weighted by Gasteiger charge is -2.24. The number of ether oxygens (including phenoxy) is 2. The Labute approximate surface area is 168 Å². The Morgan fingerprint density at radius 3 is 2.30 bits per heavy atom. The van der Waals surface area contributed by atoms with Gasteiger partial charge >= 0.3 is 5.97 Å². The maximum atomic E-state index is 12.7. The highest BCUT2D eigenvalue weighted by Gasteiger charge is 2.31. The van der Waals surface area contributed by atoms with Crippen molar-refractivity contribution in [1.82, 2.24) is 10.6 Å². The van der Waals surface area contributed by atoms with Gasteiger partial charge in [-0.05, 0) is 49.0 Å². The first-order valence-corrected chi connectivity index (χ1v) is 9.66. The number of methoxy groups -OCH3 is 1. The minimum atomic E-state index is -1.07. The lowest BCUT2D eigenvalue weighted by Crippen LogP contribution is -2.52. The molecule has 0 aliphatic rings. The zero-order valence-corrected chi connectivity index (χ0v) is 17.3. The molecule has 9 heteroatoms. The number of esters is 1. The largest absolute Gasteiger partial charge is 0.479 e. The molecule has 1 unspecified atom stereocenters. The fourth-order valence-corrected chi connectivity index (χ4v) is 3.17. The van der Waals surface area contributed by atoms with Crippen molar-refractivity contribution < 1.29 is 23.9 Å². The predicted molar refractivity (Wildman–Crippen MR) is 108 cm³/mol. The van der Waals surface area contributed by atoms with E-state index in [4.69, 9.17) is 21.7 Å². The first kappa shape index (κ1) is 22.9. The molecule has 27 heavy (non-hydrogen) atoms. The number of amides is 2. The van der Waals surface area contributed by atoms with Gasteiger partial charge in [0.25, 0.3) is 11.8 Å². The molecule has 0 aromatic heterocycles. The number of rotatable bonds is 8. The third kappa shape index (κ3) is 7.56. The van der Waals surface area contributed by atoms with E-state index in [1.165, 1.54) is 7.11 Å². The van der Waals surface area contributed by atoms with Gasteiger partial charge in [-0.3, -0.25) is 9.59 Å². The lowest BCUT2D eigenvalue weighted by molar-refractivity contribution is -0.146. The highest BCUT2D eigenvalue weighted by Crippen LogP contribution is 2.15. The summed E-state index contributed by atoms with van der Waals surface area (Å²) in [5, 5.41) is 4.16. The number of hydrogen-bond donors (Lipinski definition) is 2. The summed E-state index contributed by atoms with van der Waals surface area (Å²) in [6.45, 7) is 5.65. The normalized spacial score (nSPS) is 12.6. The minimum absolute atomic E-state index is 0.116. The number of thioether (sulfide) groups is 1. The van der Waals surface area contributed by atoms with Gasteiger partial charge in [-0.1, -0.05) is 32.0 Å². The molecule has 148 valence electrons. The van der Waals surface area contributed by atoms with E-state index in [0.717, 1.165) is 11.8 Å². The van der Waals surface area contributed by atoms with Crippen molar-refractivity contribution in [3.63, 3.8) is 0 Å². The first-order valence-electron chi connectivity index (χ1n) is 8.37. The monoisotopic (exact) mass is 412 g/mol. The molecule has 1 aromatic carbocycles. The molecule has 7 nitrogen and oxygen atoms in total. The fraction of sp³-hybridized carbons (Fsp3) is 0.444. The fourth-order valence-electron chi connectivity index (χ4n) is 2.04. The van der Waals surface area contributed by atoms with Gasteiger partial charge in [0.2, 0.25) is 4.38 Å². The van der Waals surface area contributed by atoms with Crippen molar-refractivity contribution in [3.05, 3.63) is 35.9 Å². The number of carbonyl (C=O) groups excluding carboxylic acids is 3. The molecule has 0 saturated heterocycles. The van der Waals surface area contributed by atoms with Crippen molar-refractivity contribution in [3.8, 4) is 0 Å². The molecule has 0 bridgehead atoms. The van der Waals surface area contributed by atoms with Crippen LogP contribution in [0.1, 0.15) is 31.1 Å². The van der Waals surface area contributed by atoms with Gasteiger partial charge in [0.05, 0.1) is 13.7 Å². The summed E-state index contributed by atoms with van der Waals surface area (Å²) in [4.78, 5) is 37.0. The van der Waals surface area contributed by atoms with Gasteiger partial charge in [-0.2, -0.15) is 0 Å². The van der Waals surface area contributed by atoms with Gasteiger partial charge < -0.3 is 20.1 Å². The standard InChI is InChI=1S/C18H24N2O5S2/c1-5-25-18(26)27-16(20-14(21)12-9-7-6-8-10-12)15(22)19-13(11(2)3)17(23)24-4/h6-11,13,16H,5H2,1-4H3,(H,19,22)(H,20,21)/t13-,16?/m0/s1. The van der Waals surface area contributed by atoms with E-state index in [2.05, 4.69) is 10.6 Å². The van der Waals surface area contributed by atoms with Gasteiger partial charge in [-0.25, -0.2) is 4.79 Å². The minimum Gasteiger partial charge on any atom is -0.479 e. The smallest absolute Gasteiger partial charge is 0.328 e. The maximum Gasteiger partial charge on any atom is 0.328 e. The molecule has 0 fully saturated rings. The Hall–Kier alpha value is -2.13. The van der Waals surface area contributed by atoms with Gasteiger partial charge in [0, 0.05) is 5.56 Å². The van der Waals surface area contributed by atoms with E-state index in [1.807, 2.05) is 0 Å². The summed E-state index contributed by atoms with van der Waals surface area (Å²) in [7, 11) is 1.25. The molecule has 0 spiro atoms. The topological polar surface area (TPSA) is 93.7 Å². The average Bonchev–Trinajstić information content (AvgIpc) is 2.65. The van der Waals surface area contributed by atoms with E-state index in [9.17, 15) is 14.4 Å². The van der Waals surface area contributed by atoms with Crippen LogP contribution in [0.4, 0.5) is 0 Å². The van der Waals surface area contributed by atoms with Crippen molar-refractivity contribution in [2.45, 2.75) is 32.2 Å². The van der Waals surface area contributed by atoms with Crippen LogP contribution in [0.2, 0.25) is 0 Å². The van der Waals surface area contributed by atoms with Crippen LogP contribution >= 0.6 is 24.0 Å². The second-order valence-electron chi connectivity index (χ2n) is 5.77. The number of carbonyl (C=O) groups is 3. The summed E-state index contributed by atoms with van der Waals surface area (Å²) >= 11 is 5.96. The summed E-state index contributed by atoms with van der Waals surface area (Å²) in [6.07, 6.45) is 0. The zero-order chi connectivity index (χ0) is 20.4. The summed E-state index contributed by atoms with van der Waals surface area (Å²) < 4.78 is 10.0. The Balaban J connectivity index is 2.95. The molecule has 1 rings (SSSR count). The Bertz CT molecular complexity index is 667. The van der Waals surface area contributed by atoms with Crippen molar-refractivity contribution in [2.24, 2.45) is 5.92 Å². The second kappa shape index (κ2) is 11.6. The summed E-state index contributed by atoms with van der Waals surface area (Å²) in [5.41, 5.74) is 0.395. The van der Waals surface area contributed by atoms with Crippen LogP contribution in [-0.2, 0) is 19.1 Å². The molecule has 0 heterocycles. The summed E-state index contributed by atoms with van der Waals surface area (Å²) in [5.74, 6) is -1.78.